The average Bonchev–Trinajstić information content (AvgIpc) is 2.26. The molecule has 0 saturated heterocycles. The van der Waals surface area contributed by atoms with Gasteiger partial charge in [-0.3, -0.25) is 0 Å². The first-order valence-electron chi connectivity index (χ1n) is 5.54. The molecule has 0 spiro atoms. The van der Waals surface area contributed by atoms with Crippen LogP contribution in [-0.2, 0) is 5.33 Å². The van der Waals surface area contributed by atoms with E-state index < -0.39 is 12.7 Å². The first kappa shape index (κ1) is 15.6. The Morgan fingerprint density at radius 2 is 2.00 bits per heavy atom. The van der Waals surface area contributed by atoms with Gasteiger partial charge in [0.15, 0.2) is 0 Å². The highest BCUT2D eigenvalue weighted by Crippen LogP contribution is 2.31. The topological polar surface area (TPSA) is 3.24 Å². The highest BCUT2D eigenvalue weighted by atomic mass is 79.9. The summed E-state index contributed by atoms with van der Waals surface area (Å²) in [4.78, 5) is 1.32. The molecule has 102 valence electrons. The molecule has 0 amide bonds. The smallest absolute Gasteiger partial charge is 0.362 e. The van der Waals surface area contributed by atoms with Crippen LogP contribution in [0.3, 0.4) is 0 Å². The van der Waals surface area contributed by atoms with Crippen LogP contribution < -0.4 is 4.90 Å². The van der Waals surface area contributed by atoms with E-state index in [1.165, 1.54) is 4.90 Å². The second-order valence-corrected chi connectivity index (χ2v) is 4.88. The molecule has 1 aromatic rings. The van der Waals surface area contributed by atoms with E-state index in [4.69, 9.17) is 11.6 Å². The molecule has 1 rings (SSSR count). The van der Waals surface area contributed by atoms with Crippen molar-refractivity contribution < 1.29 is 13.2 Å². The van der Waals surface area contributed by atoms with E-state index in [-0.39, 0.29) is 0 Å². The molecule has 0 fully saturated rings. The van der Waals surface area contributed by atoms with Crippen LogP contribution in [0.2, 0.25) is 5.02 Å². The lowest BCUT2D eigenvalue weighted by molar-refractivity contribution is -0.119. The minimum atomic E-state index is -4.22. The molecule has 0 aliphatic carbocycles. The zero-order valence-corrected chi connectivity index (χ0v) is 12.2. The van der Waals surface area contributed by atoms with Crippen LogP contribution in [0.4, 0.5) is 18.9 Å². The summed E-state index contributed by atoms with van der Waals surface area (Å²) < 4.78 is 37.7. The van der Waals surface area contributed by atoms with E-state index in [2.05, 4.69) is 15.9 Å². The Kier molecular flexibility index (Phi) is 5.79. The predicted octanol–water partition coefficient (Wildman–Crippen LogP) is 5.01. The average molecular weight is 345 g/mol. The first-order valence-corrected chi connectivity index (χ1v) is 7.04. The summed E-state index contributed by atoms with van der Waals surface area (Å²) >= 11 is 9.27. The van der Waals surface area contributed by atoms with Gasteiger partial charge in [0.05, 0.1) is 0 Å². The summed E-state index contributed by atoms with van der Waals surface area (Å²) in [5, 5.41) is 0.910. The molecule has 0 bridgehead atoms. The molecule has 0 radical (unpaired) electrons. The van der Waals surface area contributed by atoms with Gasteiger partial charge in [0, 0.05) is 28.1 Å². The number of hydrogen-bond acceptors (Lipinski definition) is 1. The SMILES string of the molecule is CCCN(CC(F)(F)F)c1cccc(Cl)c1CBr. The molecular weight excluding hydrogens is 330 g/mol. The fraction of sp³-hybridized carbons (Fsp3) is 0.500. The predicted molar refractivity (Wildman–Crippen MR) is 72.6 cm³/mol. The molecule has 18 heavy (non-hydrogen) atoms. The quantitative estimate of drug-likeness (QED) is 0.678. The van der Waals surface area contributed by atoms with E-state index in [1.807, 2.05) is 6.92 Å². The number of halogens is 5. The van der Waals surface area contributed by atoms with Crippen LogP contribution in [0.5, 0.6) is 0 Å². The normalized spacial score (nSPS) is 11.7. The van der Waals surface area contributed by atoms with Gasteiger partial charge in [-0.2, -0.15) is 13.2 Å². The van der Waals surface area contributed by atoms with Crippen molar-refractivity contribution in [3.05, 3.63) is 28.8 Å². The van der Waals surface area contributed by atoms with Crippen LogP contribution in [0.15, 0.2) is 18.2 Å². The van der Waals surface area contributed by atoms with Crippen LogP contribution in [0, 0.1) is 0 Å². The van der Waals surface area contributed by atoms with E-state index in [1.54, 1.807) is 18.2 Å². The van der Waals surface area contributed by atoms with Crippen molar-refractivity contribution in [2.75, 3.05) is 18.0 Å². The van der Waals surface area contributed by atoms with Crippen molar-refractivity contribution in [1.29, 1.82) is 0 Å². The summed E-state index contributed by atoms with van der Waals surface area (Å²) in [6.45, 7) is 1.24. The summed E-state index contributed by atoms with van der Waals surface area (Å²) in [5.41, 5.74) is 1.23. The Labute approximate surface area is 118 Å². The zero-order valence-electron chi connectivity index (χ0n) is 9.90. The second-order valence-electron chi connectivity index (χ2n) is 3.91. The fourth-order valence-electron chi connectivity index (χ4n) is 1.75. The van der Waals surface area contributed by atoms with E-state index in [9.17, 15) is 13.2 Å². The second kappa shape index (κ2) is 6.66. The Balaban J connectivity index is 3.09. The Bertz CT molecular complexity index is 395. The van der Waals surface area contributed by atoms with E-state index >= 15 is 0 Å². The van der Waals surface area contributed by atoms with Gasteiger partial charge < -0.3 is 4.90 Å². The molecule has 0 aliphatic heterocycles. The standard InChI is InChI=1S/C12H14BrClF3N/c1-2-6-18(8-12(15,16)17)11-5-3-4-10(14)9(11)7-13/h3-5H,2,6-8H2,1H3. The van der Waals surface area contributed by atoms with Gasteiger partial charge in [0.2, 0.25) is 0 Å². The lowest BCUT2D eigenvalue weighted by Gasteiger charge is -2.27. The minimum absolute atomic E-state index is 0.347. The maximum absolute atomic E-state index is 12.6. The summed E-state index contributed by atoms with van der Waals surface area (Å²) in [6, 6.07) is 5.02. The fourth-order valence-corrected chi connectivity index (χ4v) is 2.73. The maximum Gasteiger partial charge on any atom is 0.405 e. The van der Waals surface area contributed by atoms with Gasteiger partial charge in [0.1, 0.15) is 6.54 Å². The maximum atomic E-state index is 12.6. The Hall–Kier alpha value is -0.420. The van der Waals surface area contributed by atoms with Gasteiger partial charge >= 0.3 is 6.18 Å². The number of alkyl halides is 4. The number of anilines is 1. The van der Waals surface area contributed by atoms with Crippen molar-refractivity contribution in [3.63, 3.8) is 0 Å². The lowest BCUT2D eigenvalue weighted by atomic mass is 10.1. The van der Waals surface area contributed by atoms with Crippen molar-refractivity contribution in [1.82, 2.24) is 0 Å². The number of hydrogen-bond donors (Lipinski definition) is 0. The van der Waals surface area contributed by atoms with Gasteiger partial charge in [0.25, 0.3) is 0 Å². The van der Waals surface area contributed by atoms with E-state index in [0.717, 1.165) is 0 Å². The van der Waals surface area contributed by atoms with Gasteiger partial charge in [-0.1, -0.05) is 40.5 Å². The molecule has 0 heterocycles. The van der Waals surface area contributed by atoms with Crippen LogP contribution in [-0.4, -0.2) is 19.3 Å². The molecule has 0 N–H and O–H groups in total. The Morgan fingerprint density at radius 3 is 2.50 bits per heavy atom. The van der Waals surface area contributed by atoms with Gasteiger partial charge in [-0.15, -0.1) is 0 Å². The van der Waals surface area contributed by atoms with Crippen molar-refractivity contribution >= 4 is 33.2 Å². The molecule has 0 aromatic heterocycles. The first-order chi connectivity index (χ1) is 8.39. The van der Waals surface area contributed by atoms with Gasteiger partial charge in [-0.05, 0) is 18.6 Å². The van der Waals surface area contributed by atoms with Crippen molar-refractivity contribution in [3.8, 4) is 0 Å². The van der Waals surface area contributed by atoms with Gasteiger partial charge in [-0.25, -0.2) is 0 Å². The third-order valence-electron chi connectivity index (χ3n) is 2.43. The number of rotatable bonds is 5. The van der Waals surface area contributed by atoms with Crippen molar-refractivity contribution in [2.24, 2.45) is 0 Å². The summed E-state index contributed by atoms with van der Waals surface area (Å²) in [6.07, 6.45) is -3.58. The molecule has 0 aliphatic rings. The third-order valence-corrected chi connectivity index (χ3v) is 3.35. The van der Waals surface area contributed by atoms with Crippen molar-refractivity contribution in [2.45, 2.75) is 24.9 Å². The molecule has 1 aromatic carbocycles. The number of nitrogens with zero attached hydrogens (tertiary/aromatic N) is 1. The molecule has 1 nitrogen and oxygen atoms in total. The third kappa shape index (κ3) is 4.35. The van der Waals surface area contributed by atoms with Crippen LogP contribution in [0.1, 0.15) is 18.9 Å². The van der Waals surface area contributed by atoms with Crippen LogP contribution in [0.25, 0.3) is 0 Å². The molecule has 0 saturated carbocycles. The molecule has 0 unspecified atom stereocenters. The Morgan fingerprint density at radius 1 is 1.33 bits per heavy atom. The summed E-state index contributed by atoms with van der Waals surface area (Å²) in [5.74, 6) is 0. The minimum Gasteiger partial charge on any atom is -0.362 e. The highest BCUT2D eigenvalue weighted by Gasteiger charge is 2.31. The monoisotopic (exact) mass is 343 g/mol. The van der Waals surface area contributed by atoms with E-state index in [0.29, 0.717) is 34.6 Å². The lowest BCUT2D eigenvalue weighted by Crippen LogP contribution is -2.35. The zero-order chi connectivity index (χ0) is 13.8. The highest BCUT2D eigenvalue weighted by molar-refractivity contribution is 9.08. The summed E-state index contributed by atoms with van der Waals surface area (Å²) in [7, 11) is 0. The molecule has 6 heteroatoms. The largest absolute Gasteiger partial charge is 0.405 e. The molecular formula is C12H14BrClF3N. The van der Waals surface area contributed by atoms with Crippen LogP contribution >= 0.6 is 27.5 Å². The number of benzene rings is 1. The molecule has 0 atom stereocenters.